The summed E-state index contributed by atoms with van der Waals surface area (Å²) in [6, 6.07) is 1.04. The molecule has 90 valence electrons. The number of nitrogens with zero attached hydrogens (tertiary/aromatic N) is 1. The van der Waals surface area contributed by atoms with Crippen molar-refractivity contribution < 1.29 is 18.3 Å². The standard InChI is InChI=1S/C9H14N2O4S/c1-6(5-10)16(14,15)11-8(4-9(12)13)7-2-3-7/h6-8,11H,2-4H2,1H3,(H,12,13). The van der Waals surface area contributed by atoms with Gasteiger partial charge in [-0.15, -0.1) is 0 Å². The van der Waals surface area contributed by atoms with Crippen molar-refractivity contribution in [3.8, 4) is 6.07 Å². The van der Waals surface area contributed by atoms with E-state index in [1.165, 1.54) is 6.92 Å². The van der Waals surface area contributed by atoms with E-state index in [1.807, 2.05) is 0 Å². The van der Waals surface area contributed by atoms with E-state index in [0.717, 1.165) is 12.8 Å². The summed E-state index contributed by atoms with van der Waals surface area (Å²) in [6.07, 6.45) is 1.44. The Kier molecular flexibility index (Phi) is 3.88. The van der Waals surface area contributed by atoms with Gasteiger partial charge in [0.05, 0.1) is 12.5 Å². The smallest absolute Gasteiger partial charge is 0.304 e. The topological polar surface area (TPSA) is 107 Å². The molecule has 0 heterocycles. The Balaban J connectivity index is 2.68. The maximum absolute atomic E-state index is 11.6. The molecule has 1 saturated carbocycles. The molecule has 0 aromatic rings. The van der Waals surface area contributed by atoms with Gasteiger partial charge < -0.3 is 5.11 Å². The zero-order valence-corrected chi connectivity index (χ0v) is 9.70. The molecule has 0 saturated heterocycles. The molecule has 0 aliphatic heterocycles. The van der Waals surface area contributed by atoms with Crippen LogP contribution in [-0.4, -0.2) is 30.8 Å². The SMILES string of the molecule is CC(C#N)S(=O)(=O)NC(CC(=O)O)C1CC1. The minimum atomic E-state index is -3.73. The molecule has 0 spiro atoms. The van der Waals surface area contributed by atoms with Crippen LogP contribution < -0.4 is 4.72 Å². The van der Waals surface area contributed by atoms with Crippen molar-refractivity contribution in [3.63, 3.8) is 0 Å². The third-order valence-corrected chi connectivity index (χ3v) is 4.22. The second-order valence-electron chi connectivity index (χ2n) is 3.98. The quantitative estimate of drug-likeness (QED) is 0.689. The van der Waals surface area contributed by atoms with Crippen LogP contribution >= 0.6 is 0 Å². The van der Waals surface area contributed by atoms with Gasteiger partial charge in [-0.25, -0.2) is 13.1 Å². The van der Waals surface area contributed by atoms with Gasteiger partial charge in [-0.3, -0.25) is 4.79 Å². The van der Waals surface area contributed by atoms with Gasteiger partial charge in [-0.1, -0.05) is 0 Å². The zero-order valence-electron chi connectivity index (χ0n) is 8.88. The predicted molar refractivity (Wildman–Crippen MR) is 55.9 cm³/mol. The summed E-state index contributed by atoms with van der Waals surface area (Å²) in [5.74, 6) is -0.944. The predicted octanol–water partition coefficient (Wildman–Crippen LogP) is 0.0712. The molecule has 1 fully saturated rings. The monoisotopic (exact) mass is 246 g/mol. The van der Waals surface area contributed by atoms with E-state index in [4.69, 9.17) is 10.4 Å². The van der Waals surface area contributed by atoms with Crippen LogP contribution in [0.4, 0.5) is 0 Å². The Morgan fingerprint density at radius 3 is 2.56 bits per heavy atom. The Morgan fingerprint density at radius 1 is 1.62 bits per heavy atom. The van der Waals surface area contributed by atoms with Crippen LogP contribution in [0.2, 0.25) is 0 Å². The van der Waals surface area contributed by atoms with Crippen LogP contribution in [-0.2, 0) is 14.8 Å². The summed E-state index contributed by atoms with van der Waals surface area (Å²) in [6.45, 7) is 1.27. The number of hydrogen-bond acceptors (Lipinski definition) is 4. The van der Waals surface area contributed by atoms with Crippen LogP contribution in [0.15, 0.2) is 0 Å². The van der Waals surface area contributed by atoms with Crippen LogP contribution in [0, 0.1) is 17.2 Å². The Labute approximate surface area is 94.3 Å². The maximum Gasteiger partial charge on any atom is 0.304 e. The van der Waals surface area contributed by atoms with Crippen molar-refractivity contribution in [3.05, 3.63) is 0 Å². The lowest BCUT2D eigenvalue weighted by molar-refractivity contribution is -0.137. The van der Waals surface area contributed by atoms with Gasteiger partial charge in [0.15, 0.2) is 5.25 Å². The molecular weight excluding hydrogens is 232 g/mol. The average molecular weight is 246 g/mol. The Bertz CT molecular complexity index is 408. The van der Waals surface area contributed by atoms with Crippen molar-refractivity contribution in [1.29, 1.82) is 5.26 Å². The molecular formula is C9H14N2O4S. The van der Waals surface area contributed by atoms with Crippen LogP contribution in [0.3, 0.4) is 0 Å². The maximum atomic E-state index is 11.6. The van der Waals surface area contributed by atoms with E-state index in [-0.39, 0.29) is 12.3 Å². The minimum Gasteiger partial charge on any atom is -0.481 e. The van der Waals surface area contributed by atoms with Crippen LogP contribution in [0.5, 0.6) is 0 Å². The molecule has 1 aliphatic carbocycles. The summed E-state index contributed by atoms with van der Waals surface area (Å²) in [5.41, 5.74) is 0. The first-order valence-electron chi connectivity index (χ1n) is 4.99. The highest BCUT2D eigenvalue weighted by Crippen LogP contribution is 2.34. The molecule has 0 bridgehead atoms. The number of sulfonamides is 1. The van der Waals surface area contributed by atoms with Gasteiger partial charge >= 0.3 is 5.97 Å². The molecule has 2 unspecified atom stereocenters. The molecule has 7 heteroatoms. The lowest BCUT2D eigenvalue weighted by atomic mass is 10.1. The number of carboxylic acids is 1. The van der Waals surface area contributed by atoms with Crippen molar-refractivity contribution >= 4 is 16.0 Å². The zero-order chi connectivity index (χ0) is 12.3. The number of hydrogen-bond donors (Lipinski definition) is 2. The fourth-order valence-corrected chi connectivity index (χ4v) is 2.41. The fraction of sp³-hybridized carbons (Fsp3) is 0.778. The second-order valence-corrected chi connectivity index (χ2v) is 6.01. The van der Waals surface area contributed by atoms with E-state index in [1.54, 1.807) is 6.07 Å². The molecule has 2 atom stereocenters. The van der Waals surface area contributed by atoms with Gasteiger partial charge in [0, 0.05) is 6.04 Å². The molecule has 16 heavy (non-hydrogen) atoms. The summed E-state index contributed by atoms with van der Waals surface area (Å²) in [7, 11) is -3.73. The fourth-order valence-electron chi connectivity index (χ4n) is 1.37. The van der Waals surface area contributed by atoms with Crippen LogP contribution in [0.25, 0.3) is 0 Å². The highest BCUT2D eigenvalue weighted by molar-refractivity contribution is 7.90. The molecule has 0 aromatic carbocycles. The number of carbonyl (C=O) groups is 1. The van der Waals surface area contributed by atoms with Crippen molar-refractivity contribution in [2.45, 2.75) is 37.5 Å². The normalized spacial score (nSPS) is 19.8. The molecule has 0 radical (unpaired) electrons. The number of nitrogens with one attached hydrogen (secondary N) is 1. The average Bonchev–Trinajstić information content (AvgIpc) is 2.97. The van der Waals surface area contributed by atoms with Gasteiger partial charge in [0.1, 0.15) is 0 Å². The van der Waals surface area contributed by atoms with Gasteiger partial charge in [-0.2, -0.15) is 5.26 Å². The van der Waals surface area contributed by atoms with E-state index in [0.29, 0.717) is 0 Å². The minimum absolute atomic E-state index is 0.0942. The summed E-state index contributed by atoms with van der Waals surface area (Å²) < 4.78 is 25.4. The van der Waals surface area contributed by atoms with E-state index in [2.05, 4.69) is 4.72 Å². The third kappa shape index (κ3) is 3.47. The first-order valence-corrected chi connectivity index (χ1v) is 6.54. The Hall–Kier alpha value is -1.13. The van der Waals surface area contributed by atoms with Crippen molar-refractivity contribution in [2.75, 3.05) is 0 Å². The third-order valence-electron chi connectivity index (χ3n) is 2.55. The van der Waals surface area contributed by atoms with Crippen LogP contribution in [0.1, 0.15) is 26.2 Å². The first kappa shape index (κ1) is 12.9. The van der Waals surface area contributed by atoms with Gasteiger partial charge in [0.25, 0.3) is 0 Å². The summed E-state index contributed by atoms with van der Waals surface area (Å²) in [4.78, 5) is 10.6. The van der Waals surface area contributed by atoms with Crippen molar-refractivity contribution in [1.82, 2.24) is 4.72 Å². The van der Waals surface area contributed by atoms with E-state index >= 15 is 0 Å². The number of rotatable bonds is 6. The second kappa shape index (κ2) is 4.80. The van der Waals surface area contributed by atoms with E-state index in [9.17, 15) is 13.2 Å². The lowest BCUT2D eigenvalue weighted by Gasteiger charge is -2.17. The molecule has 2 N–H and O–H groups in total. The van der Waals surface area contributed by atoms with Gasteiger partial charge in [0.2, 0.25) is 10.0 Å². The molecule has 1 aliphatic rings. The lowest BCUT2D eigenvalue weighted by Crippen LogP contribution is -2.41. The summed E-state index contributed by atoms with van der Waals surface area (Å²) >= 11 is 0. The van der Waals surface area contributed by atoms with Gasteiger partial charge in [-0.05, 0) is 25.7 Å². The molecule has 0 aromatic heterocycles. The van der Waals surface area contributed by atoms with Crippen molar-refractivity contribution in [2.24, 2.45) is 5.92 Å². The molecule has 6 nitrogen and oxygen atoms in total. The summed E-state index contributed by atoms with van der Waals surface area (Å²) in [5, 5.41) is 16.0. The number of aliphatic carboxylic acids is 1. The largest absolute Gasteiger partial charge is 0.481 e. The number of carboxylic acid groups (broad SMARTS) is 1. The highest BCUT2D eigenvalue weighted by Gasteiger charge is 2.36. The first-order chi connectivity index (χ1) is 7.36. The number of nitriles is 1. The Morgan fingerprint density at radius 2 is 2.19 bits per heavy atom. The highest BCUT2D eigenvalue weighted by atomic mass is 32.2. The molecule has 0 amide bonds. The van der Waals surface area contributed by atoms with E-state index < -0.39 is 27.3 Å². The molecule has 1 rings (SSSR count).